The lowest BCUT2D eigenvalue weighted by molar-refractivity contribution is -0.123. The Bertz CT molecular complexity index is 673. The van der Waals surface area contributed by atoms with Crippen molar-refractivity contribution < 1.29 is 18.3 Å². The van der Waals surface area contributed by atoms with Gasteiger partial charge in [0.15, 0.2) is 18.2 Å². The molecule has 0 aromatic heterocycles. The Hall–Kier alpha value is -2.43. The van der Waals surface area contributed by atoms with Gasteiger partial charge in [-0.2, -0.15) is 0 Å². The molecule has 0 aliphatic carbocycles. The van der Waals surface area contributed by atoms with Crippen molar-refractivity contribution >= 4 is 5.91 Å². The monoisotopic (exact) mass is 305 g/mol. The Morgan fingerprint density at radius 2 is 1.95 bits per heavy atom. The fourth-order valence-corrected chi connectivity index (χ4v) is 2.16. The number of rotatable bonds is 5. The van der Waals surface area contributed by atoms with Gasteiger partial charge in [-0.3, -0.25) is 4.79 Å². The minimum absolute atomic E-state index is 0.199. The van der Waals surface area contributed by atoms with Crippen molar-refractivity contribution in [3.8, 4) is 5.75 Å². The number of carbonyl (C=O) groups is 1. The number of hydrogen-bond donors (Lipinski definition) is 1. The van der Waals surface area contributed by atoms with Crippen LogP contribution in [-0.4, -0.2) is 12.5 Å². The average molecular weight is 305 g/mol. The number of ether oxygens (including phenoxy) is 1. The fraction of sp³-hybridized carbons (Fsp3) is 0.235. The average Bonchev–Trinajstić information content (AvgIpc) is 2.48. The molecule has 0 aliphatic heterocycles. The molecular formula is C17H17F2NO2. The highest BCUT2D eigenvalue weighted by atomic mass is 19.1. The highest BCUT2D eigenvalue weighted by Crippen LogP contribution is 2.19. The predicted octanol–water partition coefficient (Wildman–Crippen LogP) is 3.53. The van der Waals surface area contributed by atoms with Gasteiger partial charge in [0, 0.05) is 6.07 Å². The summed E-state index contributed by atoms with van der Waals surface area (Å²) in [5.41, 5.74) is 2.06. The van der Waals surface area contributed by atoms with E-state index >= 15 is 0 Å². The topological polar surface area (TPSA) is 38.3 Å². The first-order valence-electron chi connectivity index (χ1n) is 6.90. The molecule has 0 heterocycles. The maximum atomic E-state index is 13.4. The van der Waals surface area contributed by atoms with Crippen LogP contribution in [0.15, 0.2) is 42.5 Å². The smallest absolute Gasteiger partial charge is 0.258 e. The third kappa shape index (κ3) is 4.04. The van der Waals surface area contributed by atoms with Crippen LogP contribution in [0, 0.1) is 18.6 Å². The van der Waals surface area contributed by atoms with E-state index in [9.17, 15) is 13.6 Å². The van der Waals surface area contributed by atoms with Crippen molar-refractivity contribution in [2.24, 2.45) is 0 Å². The van der Waals surface area contributed by atoms with Crippen LogP contribution >= 0.6 is 0 Å². The highest BCUT2D eigenvalue weighted by Gasteiger charge is 2.13. The number of aryl methyl sites for hydroxylation is 1. The summed E-state index contributed by atoms with van der Waals surface area (Å²) < 4.78 is 31.4. The second-order valence-corrected chi connectivity index (χ2v) is 5.01. The molecule has 0 fully saturated rings. The van der Waals surface area contributed by atoms with Crippen LogP contribution in [-0.2, 0) is 4.79 Å². The molecular weight excluding hydrogens is 288 g/mol. The Morgan fingerprint density at radius 3 is 2.68 bits per heavy atom. The third-order valence-electron chi connectivity index (χ3n) is 3.28. The Morgan fingerprint density at radius 1 is 1.23 bits per heavy atom. The summed E-state index contributed by atoms with van der Waals surface area (Å²) in [7, 11) is 0. The van der Waals surface area contributed by atoms with Crippen molar-refractivity contribution in [1.82, 2.24) is 5.32 Å². The molecule has 22 heavy (non-hydrogen) atoms. The zero-order valence-corrected chi connectivity index (χ0v) is 12.4. The van der Waals surface area contributed by atoms with Crippen molar-refractivity contribution in [3.05, 3.63) is 65.2 Å². The lowest BCUT2D eigenvalue weighted by atomic mass is 10.0. The van der Waals surface area contributed by atoms with E-state index in [0.717, 1.165) is 29.3 Å². The zero-order valence-electron chi connectivity index (χ0n) is 12.4. The number of halogens is 2. The van der Waals surface area contributed by atoms with Gasteiger partial charge in [-0.25, -0.2) is 8.78 Å². The van der Waals surface area contributed by atoms with Crippen LogP contribution in [0.1, 0.15) is 24.1 Å². The van der Waals surface area contributed by atoms with E-state index in [0.29, 0.717) is 0 Å². The van der Waals surface area contributed by atoms with E-state index in [1.807, 2.05) is 38.1 Å². The van der Waals surface area contributed by atoms with Gasteiger partial charge in [-0.15, -0.1) is 0 Å². The van der Waals surface area contributed by atoms with Crippen LogP contribution < -0.4 is 10.1 Å². The first kappa shape index (κ1) is 15.9. The summed E-state index contributed by atoms with van der Waals surface area (Å²) in [6, 6.07) is 10.3. The summed E-state index contributed by atoms with van der Waals surface area (Å²) in [5, 5.41) is 2.76. The summed E-state index contributed by atoms with van der Waals surface area (Å²) in [6.45, 7) is 3.43. The van der Waals surface area contributed by atoms with Crippen LogP contribution in [0.25, 0.3) is 0 Å². The number of nitrogens with one attached hydrogen (secondary N) is 1. The van der Waals surface area contributed by atoms with Crippen molar-refractivity contribution in [2.75, 3.05) is 6.61 Å². The Balaban J connectivity index is 1.93. The molecule has 3 nitrogen and oxygen atoms in total. The van der Waals surface area contributed by atoms with E-state index in [1.165, 1.54) is 0 Å². The Labute approximate surface area is 127 Å². The third-order valence-corrected chi connectivity index (χ3v) is 3.28. The van der Waals surface area contributed by atoms with Gasteiger partial charge in [0.05, 0.1) is 6.04 Å². The van der Waals surface area contributed by atoms with Gasteiger partial charge in [0.1, 0.15) is 5.82 Å². The van der Waals surface area contributed by atoms with E-state index in [4.69, 9.17) is 4.74 Å². The quantitative estimate of drug-likeness (QED) is 0.917. The van der Waals surface area contributed by atoms with Gasteiger partial charge in [0.2, 0.25) is 0 Å². The van der Waals surface area contributed by atoms with Gasteiger partial charge >= 0.3 is 0 Å². The molecule has 2 aromatic carbocycles. The zero-order chi connectivity index (χ0) is 16.1. The van der Waals surface area contributed by atoms with Crippen LogP contribution in [0.3, 0.4) is 0 Å². The molecule has 0 saturated heterocycles. The molecule has 0 spiro atoms. The van der Waals surface area contributed by atoms with Crippen molar-refractivity contribution in [2.45, 2.75) is 19.9 Å². The molecule has 1 atom stereocenters. The molecule has 1 N–H and O–H groups in total. The lowest BCUT2D eigenvalue weighted by Crippen LogP contribution is -2.31. The van der Waals surface area contributed by atoms with Crippen molar-refractivity contribution in [3.63, 3.8) is 0 Å². The second-order valence-electron chi connectivity index (χ2n) is 5.01. The maximum absolute atomic E-state index is 13.4. The van der Waals surface area contributed by atoms with Crippen LogP contribution in [0.4, 0.5) is 8.78 Å². The van der Waals surface area contributed by atoms with E-state index in [-0.39, 0.29) is 18.4 Å². The number of carbonyl (C=O) groups excluding carboxylic acids is 1. The summed E-state index contributed by atoms with van der Waals surface area (Å²) >= 11 is 0. The number of amides is 1. The Kier molecular flexibility index (Phi) is 5.09. The van der Waals surface area contributed by atoms with Gasteiger partial charge in [0.25, 0.3) is 5.91 Å². The first-order chi connectivity index (χ1) is 10.5. The summed E-state index contributed by atoms with van der Waals surface area (Å²) in [4.78, 5) is 11.9. The molecule has 1 amide bonds. The van der Waals surface area contributed by atoms with Gasteiger partial charge in [-0.1, -0.05) is 24.3 Å². The maximum Gasteiger partial charge on any atom is 0.258 e. The molecule has 5 heteroatoms. The predicted molar refractivity (Wildman–Crippen MR) is 79.6 cm³/mol. The first-order valence-corrected chi connectivity index (χ1v) is 6.90. The highest BCUT2D eigenvalue weighted by molar-refractivity contribution is 5.78. The molecule has 1 unspecified atom stereocenters. The van der Waals surface area contributed by atoms with Crippen molar-refractivity contribution in [1.29, 1.82) is 0 Å². The summed E-state index contributed by atoms with van der Waals surface area (Å²) in [5.74, 6) is -2.01. The van der Waals surface area contributed by atoms with E-state index in [2.05, 4.69) is 5.32 Å². The number of benzene rings is 2. The molecule has 2 rings (SSSR count). The second kappa shape index (κ2) is 7.02. The molecule has 0 saturated carbocycles. The fourth-order valence-electron chi connectivity index (χ4n) is 2.16. The summed E-state index contributed by atoms with van der Waals surface area (Å²) in [6.07, 6.45) is 0. The van der Waals surface area contributed by atoms with Gasteiger partial charge < -0.3 is 10.1 Å². The van der Waals surface area contributed by atoms with Crippen LogP contribution in [0.2, 0.25) is 0 Å². The minimum atomic E-state index is -0.707. The standard InChI is InChI=1S/C17H17F2NO2/c1-11-5-3-4-6-14(11)12(2)20-17(21)10-22-16-9-13(18)7-8-15(16)19/h3-9,12H,10H2,1-2H3,(H,20,21). The molecule has 0 bridgehead atoms. The normalized spacial score (nSPS) is 11.8. The number of hydrogen-bond acceptors (Lipinski definition) is 2. The van der Waals surface area contributed by atoms with E-state index < -0.39 is 17.5 Å². The molecule has 0 radical (unpaired) electrons. The molecule has 2 aromatic rings. The largest absolute Gasteiger partial charge is 0.481 e. The van der Waals surface area contributed by atoms with Gasteiger partial charge in [-0.05, 0) is 37.1 Å². The minimum Gasteiger partial charge on any atom is -0.481 e. The lowest BCUT2D eigenvalue weighted by Gasteiger charge is -2.16. The van der Waals surface area contributed by atoms with E-state index in [1.54, 1.807) is 0 Å². The molecule has 116 valence electrons. The molecule has 0 aliphatic rings. The van der Waals surface area contributed by atoms with Crippen LogP contribution in [0.5, 0.6) is 5.75 Å². The SMILES string of the molecule is Cc1ccccc1C(C)NC(=O)COc1cc(F)ccc1F.